The molecule has 1 aromatic heterocycles. The summed E-state index contributed by atoms with van der Waals surface area (Å²) in [7, 11) is 1.30. The number of aryl methyl sites for hydroxylation is 1. The van der Waals surface area contributed by atoms with E-state index in [4.69, 9.17) is 20.2 Å². The molecule has 0 saturated carbocycles. The number of fused-ring (bicyclic) bond motifs is 1. The van der Waals surface area contributed by atoms with E-state index in [0.717, 1.165) is 48.1 Å². The summed E-state index contributed by atoms with van der Waals surface area (Å²) in [6.45, 7) is 6.40. The summed E-state index contributed by atoms with van der Waals surface area (Å²) in [4.78, 5) is 17.9. The van der Waals surface area contributed by atoms with Gasteiger partial charge in [-0.2, -0.15) is 10.5 Å². The van der Waals surface area contributed by atoms with Crippen LogP contribution in [0.3, 0.4) is 0 Å². The molecule has 4 rings (SSSR count). The largest absolute Gasteiger partial charge is 0.466 e. The van der Waals surface area contributed by atoms with E-state index in [1.165, 1.54) is 18.9 Å². The van der Waals surface area contributed by atoms with Crippen molar-refractivity contribution >= 4 is 17.7 Å². The van der Waals surface area contributed by atoms with Gasteiger partial charge < -0.3 is 15.2 Å². The summed E-state index contributed by atoms with van der Waals surface area (Å²) in [5, 5.41) is 20.4. The Morgan fingerprint density at radius 3 is 2.61 bits per heavy atom. The van der Waals surface area contributed by atoms with Crippen LogP contribution in [0.15, 0.2) is 58.1 Å². The Balaban J connectivity index is 1.72. The lowest BCUT2D eigenvalue weighted by Gasteiger charge is -2.28. The molecule has 0 fully saturated rings. The highest BCUT2D eigenvalue weighted by atomic mass is 32.2. The molecule has 1 aromatic carbocycles. The fourth-order valence-corrected chi connectivity index (χ4v) is 5.98. The van der Waals surface area contributed by atoms with Crippen molar-refractivity contribution in [1.82, 2.24) is 4.98 Å². The van der Waals surface area contributed by atoms with Crippen LogP contribution in [0.25, 0.3) is 0 Å². The van der Waals surface area contributed by atoms with Crippen molar-refractivity contribution in [3.8, 4) is 12.1 Å². The number of nitrogens with two attached hydrogens (primary N) is 1. The second kappa shape index (κ2) is 11.8. The second-order valence-corrected chi connectivity index (χ2v) is 10.9. The molecule has 1 aliphatic carbocycles. The van der Waals surface area contributed by atoms with Crippen LogP contribution in [-0.2, 0) is 27.1 Å². The third-order valence-corrected chi connectivity index (χ3v) is 8.32. The highest BCUT2D eigenvalue weighted by Crippen LogP contribution is 2.41. The molecule has 0 spiro atoms. The number of hydrogen-bond donors (Lipinski definition) is 1. The molecule has 7 nitrogen and oxygen atoms in total. The van der Waals surface area contributed by atoms with Gasteiger partial charge in [-0.3, -0.25) is 0 Å². The Kier molecular flexibility index (Phi) is 8.44. The number of hydrogen-bond acceptors (Lipinski definition) is 8. The number of allylic oxidation sites excluding steroid dienone is 1. The zero-order chi connectivity index (χ0) is 27.4. The van der Waals surface area contributed by atoms with Gasteiger partial charge in [-0.1, -0.05) is 63.2 Å². The number of ether oxygens (including phenoxy) is 2. The first kappa shape index (κ1) is 27.3. The number of carbonyl (C=O) groups excluding carboxylic acids is 1. The molecule has 2 aliphatic rings. The highest BCUT2D eigenvalue weighted by Gasteiger charge is 2.37. The first-order valence-corrected chi connectivity index (χ1v) is 13.8. The summed E-state index contributed by atoms with van der Waals surface area (Å²) in [6.07, 6.45) is 4.02. The van der Waals surface area contributed by atoms with E-state index < -0.39 is 11.9 Å². The molecule has 0 bridgehead atoms. The van der Waals surface area contributed by atoms with Gasteiger partial charge in [0.1, 0.15) is 28.5 Å². The van der Waals surface area contributed by atoms with Crippen LogP contribution in [0.1, 0.15) is 73.4 Å². The summed E-state index contributed by atoms with van der Waals surface area (Å²) < 4.78 is 11.0. The van der Waals surface area contributed by atoms with Crippen LogP contribution in [-0.4, -0.2) is 23.8 Å². The number of benzene rings is 1. The number of pyridine rings is 1. The maximum Gasteiger partial charge on any atom is 0.338 e. The molecular weight excluding hydrogens is 496 g/mol. The fourth-order valence-electron chi connectivity index (χ4n) is 5.06. The van der Waals surface area contributed by atoms with E-state index in [9.17, 15) is 15.3 Å². The predicted molar refractivity (Wildman–Crippen MR) is 146 cm³/mol. The summed E-state index contributed by atoms with van der Waals surface area (Å²) in [6, 6.07) is 14.2. The van der Waals surface area contributed by atoms with Crippen LogP contribution in [0, 0.1) is 28.6 Å². The van der Waals surface area contributed by atoms with E-state index in [2.05, 4.69) is 32.9 Å². The smallest absolute Gasteiger partial charge is 0.338 e. The van der Waals surface area contributed by atoms with Gasteiger partial charge in [0.15, 0.2) is 0 Å². The number of esters is 1. The standard InChI is InChI=1S/C30H32N4O3S/c1-5-18-6-11-24-21(12-18)13-22(14-31)29(34-24)38-16-25-27(30(35)36-4)26(23(15-32)28(33)37-25)20-9-7-19(8-10-20)17(2)3/h7-10,13,17-18,26H,5-6,11-12,16,33H2,1-4H3. The maximum absolute atomic E-state index is 13.1. The average Bonchev–Trinajstić information content (AvgIpc) is 2.94. The minimum Gasteiger partial charge on any atom is -0.466 e. The van der Waals surface area contributed by atoms with E-state index in [1.54, 1.807) is 0 Å². The Hall–Kier alpha value is -3.75. The summed E-state index contributed by atoms with van der Waals surface area (Å²) in [5.74, 6) is 0.0860. The molecule has 2 atom stereocenters. The van der Waals surface area contributed by atoms with Crippen LogP contribution >= 0.6 is 11.8 Å². The number of thioether (sulfide) groups is 1. The Labute approximate surface area is 228 Å². The molecular formula is C30H32N4O3S. The minimum atomic E-state index is -0.726. The minimum absolute atomic E-state index is 0.0433. The van der Waals surface area contributed by atoms with Crippen molar-refractivity contribution in [2.75, 3.05) is 12.9 Å². The van der Waals surface area contributed by atoms with Crippen LogP contribution < -0.4 is 5.73 Å². The van der Waals surface area contributed by atoms with Gasteiger partial charge in [0.05, 0.1) is 29.9 Å². The maximum atomic E-state index is 13.1. The van der Waals surface area contributed by atoms with Crippen molar-refractivity contribution in [3.05, 3.63) is 81.1 Å². The first-order chi connectivity index (χ1) is 18.3. The normalized spacial score (nSPS) is 18.9. The number of nitrogens with zero attached hydrogens (tertiary/aromatic N) is 3. The van der Waals surface area contributed by atoms with Gasteiger partial charge >= 0.3 is 5.97 Å². The number of nitriles is 2. The van der Waals surface area contributed by atoms with Crippen LogP contribution in [0.2, 0.25) is 0 Å². The van der Waals surface area contributed by atoms with Gasteiger partial charge in [-0.25, -0.2) is 9.78 Å². The summed E-state index contributed by atoms with van der Waals surface area (Å²) in [5.41, 5.74) is 11.1. The number of methoxy groups -OCH3 is 1. The number of aromatic nitrogens is 1. The topological polar surface area (TPSA) is 122 Å². The van der Waals surface area contributed by atoms with Gasteiger partial charge in [0.25, 0.3) is 0 Å². The number of carbonyl (C=O) groups is 1. The van der Waals surface area contributed by atoms with Gasteiger partial charge in [-0.05, 0) is 53.9 Å². The lowest BCUT2D eigenvalue weighted by molar-refractivity contribution is -0.136. The van der Waals surface area contributed by atoms with Gasteiger partial charge in [0.2, 0.25) is 5.88 Å². The molecule has 2 aromatic rings. The van der Waals surface area contributed by atoms with E-state index in [0.29, 0.717) is 28.2 Å². The quantitative estimate of drug-likeness (QED) is 0.363. The first-order valence-electron chi connectivity index (χ1n) is 12.9. The Morgan fingerprint density at radius 1 is 1.26 bits per heavy atom. The third kappa shape index (κ3) is 5.42. The lowest BCUT2D eigenvalue weighted by atomic mass is 9.82. The lowest BCUT2D eigenvalue weighted by Crippen LogP contribution is -2.26. The summed E-state index contributed by atoms with van der Waals surface area (Å²) >= 11 is 1.32. The fraction of sp³-hybridized carbons (Fsp3) is 0.400. The molecule has 0 radical (unpaired) electrons. The van der Waals surface area contributed by atoms with Crippen molar-refractivity contribution in [2.45, 2.75) is 63.3 Å². The van der Waals surface area contributed by atoms with E-state index in [-0.39, 0.29) is 22.8 Å². The zero-order valence-electron chi connectivity index (χ0n) is 22.2. The van der Waals surface area contributed by atoms with Crippen LogP contribution in [0.5, 0.6) is 0 Å². The van der Waals surface area contributed by atoms with E-state index in [1.807, 2.05) is 30.3 Å². The second-order valence-electron chi connectivity index (χ2n) is 9.94. The molecule has 0 amide bonds. The molecule has 196 valence electrons. The van der Waals surface area contributed by atoms with Gasteiger partial charge in [-0.15, -0.1) is 0 Å². The molecule has 2 N–H and O–H groups in total. The molecule has 1 aliphatic heterocycles. The van der Waals surface area contributed by atoms with Gasteiger partial charge in [0, 0.05) is 5.69 Å². The number of rotatable bonds is 7. The van der Waals surface area contributed by atoms with Crippen molar-refractivity contribution in [2.24, 2.45) is 11.7 Å². The third-order valence-electron chi connectivity index (χ3n) is 7.33. The monoisotopic (exact) mass is 528 g/mol. The highest BCUT2D eigenvalue weighted by molar-refractivity contribution is 7.99. The molecule has 2 heterocycles. The SMILES string of the molecule is CCC1CCc2nc(SCC3=C(C(=O)OC)C(c4ccc(C(C)C)cc4)C(C#N)=C(N)O3)c(C#N)cc2C1. The van der Waals surface area contributed by atoms with Crippen molar-refractivity contribution in [1.29, 1.82) is 10.5 Å². The molecule has 2 unspecified atom stereocenters. The molecule has 38 heavy (non-hydrogen) atoms. The molecule has 0 saturated heterocycles. The average molecular weight is 529 g/mol. The molecule has 8 heteroatoms. The van der Waals surface area contributed by atoms with E-state index >= 15 is 0 Å². The van der Waals surface area contributed by atoms with Crippen molar-refractivity contribution < 1.29 is 14.3 Å². The Morgan fingerprint density at radius 2 is 2.00 bits per heavy atom. The predicted octanol–water partition coefficient (Wildman–Crippen LogP) is 5.62. The zero-order valence-corrected chi connectivity index (χ0v) is 23.0. The van der Waals surface area contributed by atoms with Crippen molar-refractivity contribution in [3.63, 3.8) is 0 Å². The van der Waals surface area contributed by atoms with Crippen LogP contribution in [0.4, 0.5) is 0 Å². The Bertz CT molecular complexity index is 1380.